The topological polar surface area (TPSA) is 24.9 Å². The summed E-state index contributed by atoms with van der Waals surface area (Å²) < 4.78 is 26.3. The molecular weight excluding hydrogens is 242 g/mol. The second-order valence-electron chi connectivity index (χ2n) is 3.72. The lowest BCUT2D eigenvalue weighted by molar-refractivity contribution is 0.553. The highest BCUT2D eigenvalue weighted by Gasteiger charge is 2.13. The maximum absolute atomic E-state index is 13.1. The highest BCUT2D eigenvalue weighted by Crippen LogP contribution is 2.21. The Labute approximate surface area is 102 Å². The molecule has 1 aromatic carbocycles. The molecule has 0 amide bonds. The van der Waals surface area contributed by atoms with Crippen LogP contribution in [0.4, 0.5) is 8.78 Å². The van der Waals surface area contributed by atoms with E-state index in [4.69, 9.17) is 0 Å². The highest BCUT2D eigenvalue weighted by atomic mass is 32.1. The zero-order valence-corrected chi connectivity index (χ0v) is 10.1. The highest BCUT2D eigenvalue weighted by molar-refractivity contribution is 7.09. The average Bonchev–Trinajstić information content (AvgIpc) is 2.77. The van der Waals surface area contributed by atoms with Crippen molar-refractivity contribution in [1.29, 1.82) is 0 Å². The Balaban J connectivity index is 2.22. The summed E-state index contributed by atoms with van der Waals surface area (Å²) in [5.74, 6) is -1.10. The van der Waals surface area contributed by atoms with E-state index in [-0.39, 0.29) is 6.04 Å². The maximum atomic E-state index is 13.1. The molecule has 2 aromatic rings. The van der Waals surface area contributed by atoms with Crippen LogP contribution in [0.2, 0.25) is 0 Å². The van der Waals surface area contributed by atoms with Gasteiger partial charge in [-0.2, -0.15) is 0 Å². The summed E-state index contributed by atoms with van der Waals surface area (Å²) in [4.78, 5) is 5.06. The molecule has 0 aliphatic rings. The first kappa shape index (κ1) is 12.1. The molecule has 0 aliphatic heterocycles. The van der Waals surface area contributed by atoms with Gasteiger partial charge in [-0.05, 0) is 24.7 Å². The predicted molar refractivity (Wildman–Crippen MR) is 64.0 cm³/mol. The number of hydrogen-bond donors (Lipinski definition) is 1. The lowest BCUT2D eigenvalue weighted by Gasteiger charge is -2.15. The molecule has 5 heteroatoms. The van der Waals surface area contributed by atoms with E-state index >= 15 is 0 Å². The Morgan fingerprint density at radius 1 is 1.29 bits per heavy atom. The summed E-state index contributed by atoms with van der Waals surface area (Å²) in [7, 11) is 1.77. The Morgan fingerprint density at radius 3 is 2.53 bits per heavy atom. The summed E-state index contributed by atoms with van der Waals surface area (Å²) >= 11 is 1.53. The van der Waals surface area contributed by atoms with Gasteiger partial charge < -0.3 is 5.32 Å². The van der Waals surface area contributed by atoms with E-state index in [2.05, 4.69) is 10.3 Å². The number of nitrogens with zero attached hydrogens (tertiary/aromatic N) is 1. The van der Waals surface area contributed by atoms with Gasteiger partial charge in [0.1, 0.15) is 11.6 Å². The van der Waals surface area contributed by atoms with E-state index in [9.17, 15) is 8.78 Å². The molecule has 1 heterocycles. The van der Waals surface area contributed by atoms with Gasteiger partial charge in [0.2, 0.25) is 0 Å². The Bertz CT molecular complexity index is 465. The van der Waals surface area contributed by atoms with Crippen molar-refractivity contribution in [3.05, 3.63) is 52.0 Å². The Hall–Kier alpha value is -1.33. The van der Waals surface area contributed by atoms with Crippen LogP contribution in [0.25, 0.3) is 0 Å². The van der Waals surface area contributed by atoms with Crippen LogP contribution in [-0.4, -0.2) is 12.0 Å². The van der Waals surface area contributed by atoms with Crippen molar-refractivity contribution in [2.45, 2.75) is 12.5 Å². The second-order valence-corrected chi connectivity index (χ2v) is 4.69. The fourth-order valence-corrected chi connectivity index (χ4v) is 2.35. The molecule has 1 aromatic heterocycles. The Morgan fingerprint density at radius 2 is 2.00 bits per heavy atom. The zero-order chi connectivity index (χ0) is 12.3. The SMILES string of the molecule is CNC(Cc1cncs1)c1cc(F)cc(F)c1. The van der Waals surface area contributed by atoms with Crippen molar-refractivity contribution in [2.24, 2.45) is 0 Å². The van der Waals surface area contributed by atoms with Gasteiger partial charge in [-0.25, -0.2) is 8.78 Å². The van der Waals surface area contributed by atoms with Crippen molar-refractivity contribution in [3.8, 4) is 0 Å². The fraction of sp³-hybridized carbons (Fsp3) is 0.250. The molecule has 2 rings (SSSR count). The number of benzene rings is 1. The van der Waals surface area contributed by atoms with Gasteiger partial charge >= 0.3 is 0 Å². The molecule has 0 saturated heterocycles. The second kappa shape index (κ2) is 5.33. The molecule has 90 valence electrons. The van der Waals surface area contributed by atoms with Gasteiger partial charge in [0.15, 0.2) is 0 Å². The number of hydrogen-bond acceptors (Lipinski definition) is 3. The van der Waals surface area contributed by atoms with E-state index in [1.165, 1.54) is 23.5 Å². The van der Waals surface area contributed by atoms with Crippen molar-refractivity contribution < 1.29 is 8.78 Å². The molecule has 1 atom stereocenters. The minimum atomic E-state index is -0.551. The van der Waals surface area contributed by atoms with Crippen LogP contribution in [0.3, 0.4) is 0 Å². The van der Waals surface area contributed by atoms with Crippen LogP contribution in [0.1, 0.15) is 16.5 Å². The molecule has 0 saturated carbocycles. The third-order valence-electron chi connectivity index (χ3n) is 2.52. The van der Waals surface area contributed by atoms with Gasteiger partial charge in [-0.15, -0.1) is 11.3 Å². The zero-order valence-electron chi connectivity index (χ0n) is 9.28. The van der Waals surface area contributed by atoms with Crippen molar-refractivity contribution in [2.75, 3.05) is 7.05 Å². The van der Waals surface area contributed by atoms with E-state index in [0.717, 1.165) is 10.9 Å². The molecule has 1 unspecified atom stereocenters. The van der Waals surface area contributed by atoms with Crippen LogP contribution in [0.5, 0.6) is 0 Å². The Kier molecular flexibility index (Phi) is 3.81. The molecule has 0 fully saturated rings. The molecule has 1 N–H and O–H groups in total. The molecule has 0 aliphatic carbocycles. The van der Waals surface area contributed by atoms with Crippen LogP contribution < -0.4 is 5.32 Å². The van der Waals surface area contributed by atoms with E-state index < -0.39 is 11.6 Å². The monoisotopic (exact) mass is 254 g/mol. The lowest BCUT2D eigenvalue weighted by Crippen LogP contribution is -2.18. The first-order valence-electron chi connectivity index (χ1n) is 5.19. The quantitative estimate of drug-likeness (QED) is 0.907. The molecule has 0 bridgehead atoms. The number of halogens is 2. The van der Waals surface area contributed by atoms with Gasteiger partial charge in [0.05, 0.1) is 5.51 Å². The third-order valence-corrected chi connectivity index (χ3v) is 3.33. The van der Waals surface area contributed by atoms with Crippen LogP contribution >= 0.6 is 11.3 Å². The van der Waals surface area contributed by atoms with E-state index in [1.807, 2.05) is 0 Å². The number of thiazole rings is 1. The summed E-state index contributed by atoms with van der Waals surface area (Å²) in [6.07, 6.45) is 2.44. The minimum absolute atomic E-state index is 0.111. The molecule has 0 spiro atoms. The normalized spacial score (nSPS) is 12.6. The minimum Gasteiger partial charge on any atom is -0.313 e. The van der Waals surface area contributed by atoms with E-state index in [0.29, 0.717) is 12.0 Å². The number of aromatic nitrogens is 1. The van der Waals surface area contributed by atoms with Crippen LogP contribution in [0.15, 0.2) is 29.9 Å². The standard InChI is InChI=1S/C12H12F2N2S/c1-15-12(5-11-6-16-7-17-11)8-2-9(13)4-10(14)3-8/h2-4,6-7,12,15H,5H2,1H3. The molecule has 0 radical (unpaired) electrons. The van der Waals surface area contributed by atoms with Crippen LogP contribution in [-0.2, 0) is 6.42 Å². The average molecular weight is 254 g/mol. The largest absolute Gasteiger partial charge is 0.313 e. The smallest absolute Gasteiger partial charge is 0.126 e. The number of nitrogens with one attached hydrogen (secondary N) is 1. The summed E-state index contributed by atoms with van der Waals surface area (Å²) in [5.41, 5.74) is 2.35. The van der Waals surface area contributed by atoms with Gasteiger partial charge in [-0.1, -0.05) is 0 Å². The summed E-state index contributed by atoms with van der Waals surface area (Å²) in [6, 6.07) is 3.47. The number of likely N-dealkylation sites (N-methyl/N-ethyl adjacent to an activating group) is 1. The van der Waals surface area contributed by atoms with Crippen molar-refractivity contribution in [1.82, 2.24) is 10.3 Å². The molecule has 2 nitrogen and oxygen atoms in total. The maximum Gasteiger partial charge on any atom is 0.126 e. The van der Waals surface area contributed by atoms with Gasteiger partial charge in [0.25, 0.3) is 0 Å². The third kappa shape index (κ3) is 3.08. The number of rotatable bonds is 4. The van der Waals surface area contributed by atoms with Crippen LogP contribution in [0, 0.1) is 11.6 Å². The summed E-state index contributed by atoms with van der Waals surface area (Å²) in [6.45, 7) is 0. The molecule has 17 heavy (non-hydrogen) atoms. The van der Waals surface area contributed by atoms with Gasteiger partial charge in [0, 0.05) is 29.6 Å². The van der Waals surface area contributed by atoms with Crippen molar-refractivity contribution in [3.63, 3.8) is 0 Å². The van der Waals surface area contributed by atoms with Crippen molar-refractivity contribution >= 4 is 11.3 Å². The first-order chi connectivity index (χ1) is 8.19. The lowest BCUT2D eigenvalue weighted by atomic mass is 10.0. The summed E-state index contributed by atoms with van der Waals surface area (Å²) in [5, 5.41) is 3.06. The fourth-order valence-electron chi connectivity index (χ4n) is 1.71. The van der Waals surface area contributed by atoms with Gasteiger partial charge in [-0.3, -0.25) is 4.98 Å². The first-order valence-corrected chi connectivity index (χ1v) is 6.07. The molecular formula is C12H12F2N2S. The predicted octanol–water partition coefficient (Wildman–Crippen LogP) is 2.92. The van der Waals surface area contributed by atoms with E-state index in [1.54, 1.807) is 18.8 Å².